The molecule has 100 valence electrons. The average molecular weight is 260 g/mol. The van der Waals surface area contributed by atoms with Gasteiger partial charge >= 0.3 is 5.97 Å². The predicted octanol–water partition coefficient (Wildman–Crippen LogP) is 2.95. The van der Waals surface area contributed by atoms with E-state index in [0.717, 1.165) is 11.3 Å². The van der Waals surface area contributed by atoms with Gasteiger partial charge in [0.2, 0.25) is 0 Å². The number of H-pyrrole nitrogens is 1. The Kier molecular flexibility index (Phi) is 3.29. The van der Waals surface area contributed by atoms with Gasteiger partial charge in [0.05, 0.1) is 6.33 Å². The highest BCUT2D eigenvalue weighted by Crippen LogP contribution is 2.25. The van der Waals surface area contributed by atoms with Crippen LogP contribution in [0, 0.1) is 0 Å². The molecule has 2 N–H and O–H groups in total. The van der Waals surface area contributed by atoms with E-state index >= 15 is 0 Å². The Hall–Kier alpha value is -2.30. The summed E-state index contributed by atoms with van der Waals surface area (Å²) >= 11 is 0. The van der Waals surface area contributed by atoms with E-state index in [9.17, 15) is 4.79 Å². The lowest BCUT2D eigenvalue weighted by Crippen LogP contribution is -2.22. The number of carboxylic acid groups (broad SMARTS) is 1. The van der Waals surface area contributed by atoms with Crippen LogP contribution < -0.4 is 4.74 Å². The van der Waals surface area contributed by atoms with Gasteiger partial charge in [-0.1, -0.05) is 0 Å². The minimum atomic E-state index is -1.03. The van der Waals surface area contributed by atoms with E-state index in [2.05, 4.69) is 9.97 Å². The molecule has 2 aromatic rings. The fraction of sp³-hybridized carbons (Fsp3) is 0.286. The number of aromatic carboxylic acids is 1. The van der Waals surface area contributed by atoms with Crippen LogP contribution in [0.3, 0.4) is 0 Å². The van der Waals surface area contributed by atoms with Gasteiger partial charge in [-0.25, -0.2) is 9.78 Å². The van der Waals surface area contributed by atoms with Gasteiger partial charge in [0, 0.05) is 5.56 Å². The van der Waals surface area contributed by atoms with Crippen molar-refractivity contribution in [3.05, 3.63) is 36.3 Å². The van der Waals surface area contributed by atoms with Gasteiger partial charge in [0.25, 0.3) is 0 Å². The number of benzene rings is 1. The van der Waals surface area contributed by atoms with Crippen LogP contribution in [0.15, 0.2) is 30.6 Å². The SMILES string of the molecule is CC(C)(C)Oc1ccc(-c2nc[nH]c2C(=O)O)cc1. The zero-order chi connectivity index (χ0) is 14.0. The van der Waals surface area contributed by atoms with Crippen LogP contribution in [-0.2, 0) is 0 Å². The van der Waals surface area contributed by atoms with E-state index < -0.39 is 5.97 Å². The fourth-order valence-electron chi connectivity index (χ4n) is 1.71. The van der Waals surface area contributed by atoms with Crippen molar-refractivity contribution in [2.45, 2.75) is 26.4 Å². The molecule has 19 heavy (non-hydrogen) atoms. The summed E-state index contributed by atoms with van der Waals surface area (Å²) in [7, 11) is 0. The molecule has 0 spiro atoms. The highest BCUT2D eigenvalue weighted by molar-refractivity contribution is 5.92. The van der Waals surface area contributed by atoms with Crippen molar-refractivity contribution in [1.29, 1.82) is 0 Å². The number of imidazole rings is 1. The third kappa shape index (κ3) is 3.13. The lowest BCUT2D eigenvalue weighted by Gasteiger charge is -2.21. The molecule has 0 aliphatic rings. The maximum Gasteiger partial charge on any atom is 0.354 e. The van der Waals surface area contributed by atoms with Crippen LogP contribution >= 0.6 is 0 Å². The number of ether oxygens (including phenoxy) is 1. The highest BCUT2D eigenvalue weighted by atomic mass is 16.5. The molecule has 0 radical (unpaired) electrons. The first-order chi connectivity index (χ1) is 8.87. The van der Waals surface area contributed by atoms with E-state index in [-0.39, 0.29) is 11.3 Å². The molecule has 0 aliphatic carbocycles. The van der Waals surface area contributed by atoms with Gasteiger partial charge in [-0.3, -0.25) is 0 Å². The Morgan fingerprint density at radius 2 is 1.89 bits per heavy atom. The fourth-order valence-corrected chi connectivity index (χ4v) is 1.71. The molecule has 0 saturated heterocycles. The molecule has 1 aromatic heterocycles. The number of hydrogen-bond donors (Lipinski definition) is 2. The molecule has 1 aromatic carbocycles. The third-order valence-corrected chi connectivity index (χ3v) is 2.40. The number of rotatable bonds is 3. The number of hydrogen-bond acceptors (Lipinski definition) is 3. The molecule has 0 atom stereocenters. The van der Waals surface area contributed by atoms with Crippen molar-refractivity contribution in [2.24, 2.45) is 0 Å². The summed E-state index contributed by atoms with van der Waals surface area (Å²) in [5, 5.41) is 9.03. The van der Waals surface area contributed by atoms with Crippen molar-refractivity contribution < 1.29 is 14.6 Å². The standard InChI is InChI=1S/C14H16N2O3/c1-14(2,3)19-10-6-4-9(5-7-10)11-12(13(17)18)16-8-15-11/h4-8H,1-3H3,(H,15,16)(H,17,18). The summed E-state index contributed by atoms with van der Waals surface area (Å²) in [6, 6.07) is 7.20. The normalized spacial score (nSPS) is 11.3. The summed E-state index contributed by atoms with van der Waals surface area (Å²) in [6.07, 6.45) is 1.37. The minimum absolute atomic E-state index is 0.0875. The summed E-state index contributed by atoms with van der Waals surface area (Å²) in [5.41, 5.74) is 0.985. The van der Waals surface area contributed by atoms with Gasteiger partial charge in [0.1, 0.15) is 17.0 Å². The zero-order valence-electron chi connectivity index (χ0n) is 11.1. The van der Waals surface area contributed by atoms with Gasteiger partial charge in [0.15, 0.2) is 5.69 Å². The molecular weight excluding hydrogens is 244 g/mol. The van der Waals surface area contributed by atoms with Crippen LogP contribution in [0.2, 0.25) is 0 Å². The van der Waals surface area contributed by atoms with E-state index in [1.54, 1.807) is 24.3 Å². The van der Waals surface area contributed by atoms with Gasteiger partial charge < -0.3 is 14.8 Å². The minimum Gasteiger partial charge on any atom is -0.488 e. The quantitative estimate of drug-likeness (QED) is 0.889. The van der Waals surface area contributed by atoms with Gasteiger partial charge in [-0.2, -0.15) is 0 Å². The van der Waals surface area contributed by atoms with Crippen molar-refractivity contribution in [3.63, 3.8) is 0 Å². The van der Waals surface area contributed by atoms with Crippen LogP contribution in [0.1, 0.15) is 31.3 Å². The zero-order valence-corrected chi connectivity index (χ0v) is 11.1. The average Bonchev–Trinajstić information content (AvgIpc) is 2.76. The summed E-state index contributed by atoms with van der Waals surface area (Å²) in [6.45, 7) is 5.91. The number of nitrogens with one attached hydrogen (secondary N) is 1. The lowest BCUT2D eigenvalue weighted by molar-refractivity contribution is 0.0692. The second-order valence-corrected chi connectivity index (χ2v) is 5.17. The maximum absolute atomic E-state index is 11.0. The van der Waals surface area contributed by atoms with Crippen LogP contribution in [0.4, 0.5) is 0 Å². The van der Waals surface area contributed by atoms with Crippen LogP contribution in [-0.4, -0.2) is 26.6 Å². The molecule has 2 rings (SSSR count). The molecule has 0 amide bonds. The Morgan fingerprint density at radius 3 is 2.42 bits per heavy atom. The van der Waals surface area contributed by atoms with Crippen molar-refractivity contribution in [3.8, 4) is 17.0 Å². The topological polar surface area (TPSA) is 75.2 Å². The number of aromatic amines is 1. The molecule has 0 bridgehead atoms. The smallest absolute Gasteiger partial charge is 0.354 e. The molecule has 0 unspecified atom stereocenters. The molecule has 0 fully saturated rings. The molecule has 5 nitrogen and oxygen atoms in total. The first kappa shape index (κ1) is 13.1. The summed E-state index contributed by atoms with van der Waals surface area (Å²) in [4.78, 5) is 17.7. The summed E-state index contributed by atoms with van der Waals surface area (Å²) < 4.78 is 5.71. The number of carboxylic acids is 1. The first-order valence-electron chi connectivity index (χ1n) is 5.93. The lowest BCUT2D eigenvalue weighted by atomic mass is 10.1. The van der Waals surface area contributed by atoms with Gasteiger partial charge in [-0.05, 0) is 45.0 Å². The largest absolute Gasteiger partial charge is 0.488 e. The molecular formula is C14H16N2O3. The Morgan fingerprint density at radius 1 is 1.26 bits per heavy atom. The van der Waals surface area contributed by atoms with Crippen molar-refractivity contribution >= 4 is 5.97 Å². The second kappa shape index (κ2) is 4.76. The van der Waals surface area contributed by atoms with Crippen LogP contribution in [0.5, 0.6) is 5.75 Å². The van der Waals surface area contributed by atoms with E-state index in [1.807, 2.05) is 20.8 Å². The highest BCUT2D eigenvalue weighted by Gasteiger charge is 2.15. The molecule has 0 aliphatic heterocycles. The second-order valence-electron chi connectivity index (χ2n) is 5.17. The van der Waals surface area contributed by atoms with E-state index in [0.29, 0.717) is 5.69 Å². The van der Waals surface area contributed by atoms with Gasteiger partial charge in [-0.15, -0.1) is 0 Å². The number of nitrogens with zero attached hydrogens (tertiary/aromatic N) is 1. The van der Waals surface area contributed by atoms with Crippen molar-refractivity contribution in [1.82, 2.24) is 9.97 Å². The van der Waals surface area contributed by atoms with Crippen LogP contribution in [0.25, 0.3) is 11.3 Å². The van der Waals surface area contributed by atoms with E-state index in [4.69, 9.17) is 9.84 Å². The predicted molar refractivity (Wildman–Crippen MR) is 71.4 cm³/mol. The van der Waals surface area contributed by atoms with Crippen molar-refractivity contribution in [2.75, 3.05) is 0 Å². The Labute approximate surface area is 111 Å². The third-order valence-electron chi connectivity index (χ3n) is 2.40. The molecule has 5 heteroatoms. The Balaban J connectivity index is 2.28. The maximum atomic E-state index is 11.0. The molecule has 1 heterocycles. The number of carbonyl (C=O) groups is 1. The molecule has 0 saturated carbocycles. The first-order valence-corrected chi connectivity index (χ1v) is 5.93. The van der Waals surface area contributed by atoms with E-state index in [1.165, 1.54) is 6.33 Å². The monoisotopic (exact) mass is 260 g/mol. The Bertz CT molecular complexity index is 579. The number of aromatic nitrogens is 2. The summed E-state index contributed by atoms with van der Waals surface area (Å²) in [5.74, 6) is -0.286.